The van der Waals surface area contributed by atoms with Gasteiger partial charge in [0.1, 0.15) is 11.6 Å². The molecule has 1 atom stereocenters. The molecule has 96 valence electrons. The van der Waals surface area contributed by atoms with Gasteiger partial charge >= 0.3 is 0 Å². The fourth-order valence-electron chi connectivity index (χ4n) is 1.80. The maximum atomic E-state index is 13.3. The zero-order valence-electron chi connectivity index (χ0n) is 9.50. The van der Waals surface area contributed by atoms with Crippen LogP contribution >= 0.6 is 0 Å². The number of halogens is 2. The molecule has 0 radical (unpaired) electrons. The predicted octanol–water partition coefficient (Wildman–Crippen LogP) is 0.860. The maximum Gasteiger partial charge on any atom is 0.243 e. The molecule has 1 aromatic carbocycles. The summed E-state index contributed by atoms with van der Waals surface area (Å²) in [5.74, 6) is -1.80. The Bertz CT molecular complexity index is 491. The van der Waals surface area contributed by atoms with Gasteiger partial charge in [0.05, 0.1) is 6.04 Å². The van der Waals surface area contributed by atoms with E-state index in [1.54, 1.807) is 0 Å². The first-order chi connectivity index (χ1) is 8.56. The fraction of sp³-hybridized carbons (Fsp3) is 0.333. The Kier molecular flexibility index (Phi) is 3.66. The highest BCUT2D eigenvalue weighted by Gasteiger charge is 2.26. The Hall–Kier alpha value is -1.82. The Labute approximate surface area is 102 Å². The summed E-state index contributed by atoms with van der Waals surface area (Å²) in [5, 5.41) is 4.99. The molecule has 1 saturated heterocycles. The second kappa shape index (κ2) is 5.22. The van der Waals surface area contributed by atoms with Crippen molar-refractivity contribution in [3.8, 4) is 0 Å². The molecular weight excluding hydrogens is 242 g/mol. The molecule has 0 bridgehead atoms. The smallest absolute Gasteiger partial charge is 0.243 e. The van der Waals surface area contributed by atoms with Gasteiger partial charge in [-0.2, -0.15) is 0 Å². The van der Waals surface area contributed by atoms with E-state index >= 15 is 0 Å². The normalized spacial score (nSPS) is 19.8. The van der Waals surface area contributed by atoms with Crippen molar-refractivity contribution in [1.82, 2.24) is 10.6 Å². The summed E-state index contributed by atoms with van der Waals surface area (Å²) >= 11 is 0. The van der Waals surface area contributed by atoms with Crippen LogP contribution in [-0.2, 0) is 16.1 Å². The third kappa shape index (κ3) is 2.89. The standard InChI is InChI=1S/C12H12F2N2O2/c13-8-1-2-9(14)7(5-8)6-15-10-3-4-11(17)16-12(10)18/h1-2,5,10,15H,3-4,6H2,(H,16,17,18). The Balaban J connectivity index is 1.97. The number of piperidine rings is 1. The number of nitrogens with one attached hydrogen (secondary N) is 2. The fourth-order valence-corrected chi connectivity index (χ4v) is 1.80. The van der Waals surface area contributed by atoms with Crippen LogP contribution in [0.4, 0.5) is 8.78 Å². The number of hydrogen-bond acceptors (Lipinski definition) is 3. The van der Waals surface area contributed by atoms with Gasteiger partial charge in [0.15, 0.2) is 0 Å². The maximum absolute atomic E-state index is 13.3. The van der Waals surface area contributed by atoms with Crippen molar-refractivity contribution >= 4 is 11.8 Å². The molecule has 1 aliphatic rings. The molecule has 6 heteroatoms. The molecular formula is C12H12F2N2O2. The van der Waals surface area contributed by atoms with E-state index in [-0.39, 0.29) is 24.4 Å². The summed E-state index contributed by atoms with van der Waals surface area (Å²) in [6, 6.07) is 2.60. The molecule has 2 N–H and O–H groups in total. The number of amides is 2. The molecule has 1 aliphatic heterocycles. The van der Waals surface area contributed by atoms with E-state index in [1.165, 1.54) is 0 Å². The number of carbonyl (C=O) groups excluding carboxylic acids is 2. The van der Waals surface area contributed by atoms with Crippen LogP contribution < -0.4 is 10.6 Å². The Morgan fingerprint density at radius 3 is 2.83 bits per heavy atom. The molecule has 2 rings (SSSR count). The molecule has 1 unspecified atom stereocenters. The third-order valence-corrected chi connectivity index (χ3v) is 2.79. The van der Waals surface area contributed by atoms with Gasteiger partial charge in [-0.1, -0.05) is 0 Å². The lowest BCUT2D eigenvalue weighted by Crippen LogP contribution is -2.50. The summed E-state index contributed by atoms with van der Waals surface area (Å²) in [6.45, 7) is 0.0376. The van der Waals surface area contributed by atoms with Crippen LogP contribution in [0.15, 0.2) is 18.2 Å². The van der Waals surface area contributed by atoms with E-state index < -0.39 is 23.6 Å². The minimum Gasteiger partial charge on any atom is -0.302 e. The lowest BCUT2D eigenvalue weighted by Gasteiger charge is -2.21. The molecule has 0 aliphatic carbocycles. The van der Waals surface area contributed by atoms with Crippen molar-refractivity contribution in [3.63, 3.8) is 0 Å². The van der Waals surface area contributed by atoms with Gasteiger partial charge in [-0.25, -0.2) is 8.78 Å². The number of benzene rings is 1. The summed E-state index contributed by atoms with van der Waals surface area (Å²) in [6.07, 6.45) is 0.608. The highest BCUT2D eigenvalue weighted by Crippen LogP contribution is 2.11. The quantitative estimate of drug-likeness (QED) is 0.786. The topological polar surface area (TPSA) is 58.2 Å². The molecule has 0 saturated carbocycles. The Morgan fingerprint density at radius 2 is 2.11 bits per heavy atom. The molecule has 0 aromatic heterocycles. The van der Waals surface area contributed by atoms with Crippen molar-refractivity contribution in [2.75, 3.05) is 0 Å². The monoisotopic (exact) mass is 254 g/mol. The second-order valence-corrected chi connectivity index (χ2v) is 4.12. The molecule has 2 amide bonds. The summed E-state index contributed by atoms with van der Waals surface area (Å²) in [5.41, 5.74) is 0.153. The highest BCUT2D eigenvalue weighted by molar-refractivity contribution is 6.00. The van der Waals surface area contributed by atoms with E-state index in [2.05, 4.69) is 10.6 Å². The van der Waals surface area contributed by atoms with Crippen molar-refractivity contribution in [1.29, 1.82) is 0 Å². The molecule has 1 aromatic rings. The van der Waals surface area contributed by atoms with Crippen LogP contribution in [0.1, 0.15) is 18.4 Å². The summed E-state index contributed by atoms with van der Waals surface area (Å²) in [4.78, 5) is 22.3. The SMILES string of the molecule is O=C1CCC(NCc2cc(F)ccc2F)C(=O)N1. The predicted molar refractivity (Wildman–Crippen MR) is 59.4 cm³/mol. The van der Waals surface area contributed by atoms with Gasteiger partial charge < -0.3 is 5.32 Å². The minimum absolute atomic E-state index is 0.0376. The van der Waals surface area contributed by atoms with Gasteiger partial charge in [-0.05, 0) is 24.6 Å². The average molecular weight is 254 g/mol. The van der Waals surface area contributed by atoms with E-state index in [1.807, 2.05) is 0 Å². The van der Waals surface area contributed by atoms with Crippen LogP contribution in [0.5, 0.6) is 0 Å². The van der Waals surface area contributed by atoms with Crippen molar-refractivity contribution in [2.45, 2.75) is 25.4 Å². The van der Waals surface area contributed by atoms with Gasteiger partial charge in [0.25, 0.3) is 0 Å². The zero-order chi connectivity index (χ0) is 13.1. The molecule has 4 nitrogen and oxygen atoms in total. The number of rotatable bonds is 3. The van der Waals surface area contributed by atoms with E-state index in [9.17, 15) is 18.4 Å². The first-order valence-electron chi connectivity index (χ1n) is 5.57. The van der Waals surface area contributed by atoms with E-state index in [4.69, 9.17) is 0 Å². The van der Waals surface area contributed by atoms with Crippen molar-refractivity contribution in [2.24, 2.45) is 0 Å². The molecule has 0 spiro atoms. The van der Waals surface area contributed by atoms with Gasteiger partial charge in [-0.3, -0.25) is 14.9 Å². The molecule has 1 fully saturated rings. The molecule has 1 heterocycles. The van der Waals surface area contributed by atoms with Crippen molar-refractivity contribution < 1.29 is 18.4 Å². The largest absolute Gasteiger partial charge is 0.302 e. The number of imide groups is 1. The summed E-state index contributed by atoms with van der Waals surface area (Å²) < 4.78 is 26.2. The summed E-state index contributed by atoms with van der Waals surface area (Å²) in [7, 11) is 0. The lowest BCUT2D eigenvalue weighted by atomic mass is 10.1. The van der Waals surface area contributed by atoms with Crippen LogP contribution in [0.2, 0.25) is 0 Å². The number of hydrogen-bond donors (Lipinski definition) is 2. The van der Waals surface area contributed by atoms with Crippen LogP contribution in [0.25, 0.3) is 0 Å². The lowest BCUT2D eigenvalue weighted by molar-refractivity contribution is -0.134. The van der Waals surface area contributed by atoms with Crippen molar-refractivity contribution in [3.05, 3.63) is 35.4 Å². The van der Waals surface area contributed by atoms with E-state index in [0.717, 1.165) is 18.2 Å². The molecule has 18 heavy (non-hydrogen) atoms. The first kappa shape index (κ1) is 12.6. The van der Waals surface area contributed by atoms with Gasteiger partial charge in [-0.15, -0.1) is 0 Å². The average Bonchev–Trinajstić information content (AvgIpc) is 2.32. The van der Waals surface area contributed by atoms with E-state index in [0.29, 0.717) is 6.42 Å². The van der Waals surface area contributed by atoms with Crippen LogP contribution in [-0.4, -0.2) is 17.9 Å². The first-order valence-corrected chi connectivity index (χ1v) is 5.57. The van der Waals surface area contributed by atoms with Crippen LogP contribution in [0, 0.1) is 11.6 Å². The van der Waals surface area contributed by atoms with Crippen LogP contribution in [0.3, 0.4) is 0 Å². The zero-order valence-corrected chi connectivity index (χ0v) is 9.50. The minimum atomic E-state index is -0.551. The van der Waals surface area contributed by atoms with Gasteiger partial charge in [0, 0.05) is 18.5 Å². The van der Waals surface area contributed by atoms with Gasteiger partial charge in [0.2, 0.25) is 11.8 Å². The number of carbonyl (C=O) groups is 2. The highest BCUT2D eigenvalue weighted by atomic mass is 19.1. The second-order valence-electron chi connectivity index (χ2n) is 4.12. The Morgan fingerprint density at radius 1 is 1.33 bits per heavy atom. The third-order valence-electron chi connectivity index (χ3n) is 2.79.